The minimum absolute atomic E-state index is 0.0947. The van der Waals surface area contributed by atoms with Crippen LogP contribution >= 0.6 is 0 Å². The number of nitriles is 1. The molecular weight excluding hydrogens is 246 g/mol. The standard InChI is InChI=1S/C13H15N3O3/c1-19-7-6-15-12(17)9-16-13(18)11-4-2-10(8-14)3-5-11/h2-5H,6-7,9H2,1H3,(H,15,17)(H,16,18). The molecule has 0 spiro atoms. The summed E-state index contributed by atoms with van der Waals surface area (Å²) >= 11 is 0. The first kappa shape index (κ1) is 14.7. The molecule has 1 rings (SSSR count). The van der Waals surface area contributed by atoms with Gasteiger partial charge < -0.3 is 15.4 Å². The van der Waals surface area contributed by atoms with E-state index in [0.717, 1.165) is 0 Å². The Kier molecular flexibility index (Phi) is 6.06. The lowest BCUT2D eigenvalue weighted by molar-refractivity contribution is -0.120. The zero-order valence-electron chi connectivity index (χ0n) is 10.6. The summed E-state index contributed by atoms with van der Waals surface area (Å²) in [4.78, 5) is 23.0. The molecule has 2 amide bonds. The number of carbonyl (C=O) groups is 2. The van der Waals surface area contributed by atoms with E-state index in [1.54, 1.807) is 19.2 Å². The topological polar surface area (TPSA) is 91.2 Å². The van der Waals surface area contributed by atoms with Gasteiger partial charge in [-0.05, 0) is 24.3 Å². The average Bonchev–Trinajstić information content (AvgIpc) is 2.45. The van der Waals surface area contributed by atoms with E-state index in [0.29, 0.717) is 24.3 Å². The predicted molar refractivity (Wildman–Crippen MR) is 68.4 cm³/mol. The maximum atomic E-state index is 11.7. The van der Waals surface area contributed by atoms with Gasteiger partial charge in [0.2, 0.25) is 5.91 Å². The number of hydrogen-bond acceptors (Lipinski definition) is 4. The molecular formula is C13H15N3O3. The molecule has 100 valence electrons. The van der Waals surface area contributed by atoms with Gasteiger partial charge in [0.1, 0.15) is 0 Å². The van der Waals surface area contributed by atoms with Gasteiger partial charge >= 0.3 is 0 Å². The zero-order chi connectivity index (χ0) is 14.1. The van der Waals surface area contributed by atoms with E-state index in [1.807, 2.05) is 6.07 Å². The van der Waals surface area contributed by atoms with Crippen molar-refractivity contribution < 1.29 is 14.3 Å². The maximum Gasteiger partial charge on any atom is 0.251 e. The SMILES string of the molecule is COCCNC(=O)CNC(=O)c1ccc(C#N)cc1. The summed E-state index contributed by atoms with van der Waals surface area (Å²) in [5.41, 5.74) is 0.887. The molecule has 19 heavy (non-hydrogen) atoms. The summed E-state index contributed by atoms with van der Waals surface area (Å²) in [6.07, 6.45) is 0. The van der Waals surface area contributed by atoms with Gasteiger partial charge in [-0.3, -0.25) is 9.59 Å². The van der Waals surface area contributed by atoms with Gasteiger partial charge in [0.05, 0.1) is 24.8 Å². The normalized spacial score (nSPS) is 9.47. The summed E-state index contributed by atoms with van der Waals surface area (Å²) in [6.45, 7) is 0.736. The van der Waals surface area contributed by atoms with Crippen molar-refractivity contribution in [1.82, 2.24) is 10.6 Å². The van der Waals surface area contributed by atoms with Gasteiger partial charge in [-0.2, -0.15) is 5.26 Å². The highest BCUT2D eigenvalue weighted by Crippen LogP contribution is 2.02. The molecule has 1 aromatic rings. The Labute approximate surface area is 111 Å². The molecule has 0 heterocycles. The second kappa shape index (κ2) is 7.84. The van der Waals surface area contributed by atoms with Crippen LogP contribution in [0, 0.1) is 11.3 Å². The number of methoxy groups -OCH3 is 1. The first-order valence-electron chi connectivity index (χ1n) is 5.71. The van der Waals surface area contributed by atoms with E-state index in [9.17, 15) is 9.59 Å². The number of carbonyl (C=O) groups excluding carboxylic acids is 2. The molecule has 0 fully saturated rings. The van der Waals surface area contributed by atoms with Crippen LogP contribution in [-0.4, -0.2) is 38.6 Å². The maximum absolute atomic E-state index is 11.7. The molecule has 0 saturated heterocycles. The third-order valence-corrected chi connectivity index (χ3v) is 2.31. The Morgan fingerprint density at radius 1 is 1.26 bits per heavy atom. The third-order valence-electron chi connectivity index (χ3n) is 2.31. The molecule has 0 aliphatic carbocycles. The van der Waals surface area contributed by atoms with Crippen LogP contribution in [0.2, 0.25) is 0 Å². The van der Waals surface area contributed by atoms with Crippen molar-refractivity contribution in [3.05, 3.63) is 35.4 Å². The van der Waals surface area contributed by atoms with Crippen molar-refractivity contribution in [3.63, 3.8) is 0 Å². The lowest BCUT2D eigenvalue weighted by Crippen LogP contribution is -2.38. The van der Waals surface area contributed by atoms with E-state index in [1.165, 1.54) is 12.1 Å². The van der Waals surface area contributed by atoms with Crippen LogP contribution in [0.15, 0.2) is 24.3 Å². The Balaban J connectivity index is 2.38. The van der Waals surface area contributed by atoms with Crippen LogP contribution in [0.25, 0.3) is 0 Å². The summed E-state index contributed by atoms with van der Waals surface area (Å²) in [5, 5.41) is 13.7. The lowest BCUT2D eigenvalue weighted by Gasteiger charge is -2.06. The first-order chi connectivity index (χ1) is 9.17. The number of amides is 2. The minimum Gasteiger partial charge on any atom is -0.383 e. The molecule has 0 radical (unpaired) electrons. The molecule has 0 aliphatic heterocycles. The molecule has 6 heteroatoms. The minimum atomic E-state index is -0.355. The Morgan fingerprint density at radius 3 is 2.53 bits per heavy atom. The van der Waals surface area contributed by atoms with Crippen molar-refractivity contribution in [2.45, 2.75) is 0 Å². The first-order valence-corrected chi connectivity index (χ1v) is 5.71. The Bertz CT molecular complexity index is 477. The van der Waals surface area contributed by atoms with Crippen molar-refractivity contribution in [3.8, 4) is 6.07 Å². The molecule has 0 saturated carbocycles. The molecule has 2 N–H and O–H groups in total. The van der Waals surface area contributed by atoms with Crippen LogP contribution in [0.4, 0.5) is 0 Å². The van der Waals surface area contributed by atoms with E-state index >= 15 is 0 Å². The zero-order valence-corrected chi connectivity index (χ0v) is 10.6. The number of nitrogens with zero attached hydrogens (tertiary/aromatic N) is 1. The molecule has 1 aromatic carbocycles. The van der Waals surface area contributed by atoms with Crippen LogP contribution < -0.4 is 10.6 Å². The highest BCUT2D eigenvalue weighted by molar-refractivity contribution is 5.96. The number of hydrogen-bond donors (Lipinski definition) is 2. The number of nitrogens with one attached hydrogen (secondary N) is 2. The van der Waals surface area contributed by atoms with Crippen molar-refractivity contribution in [2.24, 2.45) is 0 Å². The van der Waals surface area contributed by atoms with E-state index < -0.39 is 0 Å². The van der Waals surface area contributed by atoms with Crippen molar-refractivity contribution >= 4 is 11.8 Å². The fourth-order valence-electron chi connectivity index (χ4n) is 1.31. The smallest absolute Gasteiger partial charge is 0.251 e. The number of ether oxygens (including phenoxy) is 1. The lowest BCUT2D eigenvalue weighted by atomic mass is 10.1. The summed E-state index contributed by atoms with van der Waals surface area (Å²) in [5.74, 6) is -0.634. The van der Waals surface area contributed by atoms with Gasteiger partial charge in [0, 0.05) is 19.2 Å². The van der Waals surface area contributed by atoms with E-state index in [4.69, 9.17) is 10.00 Å². The van der Waals surface area contributed by atoms with Crippen LogP contribution in [0.1, 0.15) is 15.9 Å². The Morgan fingerprint density at radius 2 is 1.95 bits per heavy atom. The Hall–Kier alpha value is -2.39. The number of rotatable bonds is 6. The summed E-state index contributed by atoms with van der Waals surface area (Å²) < 4.78 is 4.78. The highest BCUT2D eigenvalue weighted by atomic mass is 16.5. The van der Waals surface area contributed by atoms with Crippen molar-refractivity contribution in [2.75, 3.05) is 26.8 Å². The van der Waals surface area contributed by atoms with E-state index in [2.05, 4.69) is 10.6 Å². The van der Waals surface area contributed by atoms with Crippen LogP contribution in [-0.2, 0) is 9.53 Å². The van der Waals surface area contributed by atoms with Crippen molar-refractivity contribution in [1.29, 1.82) is 5.26 Å². The largest absolute Gasteiger partial charge is 0.383 e. The molecule has 6 nitrogen and oxygen atoms in total. The summed E-state index contributed by atoms with van der Waals surface area (Å²) in [6, 6.07) is 8.14. The fraction of sp³-hybridized carbons (Fsp3) is 0.308. The summed E-state index contributed by atoms with van der Waals surface area (Å²) in [7, 11) is 1.54. The molecule has 0 atom stereocenters. The molecule has 0 bridgehead atoms. The molecule has 0 unspecified atom stereocenters. The monoisotopic (exact) mass is 261 g/mol. The van der Waals surface area contributed by atoms with Gasteiger partial charge in [-0.25, -0.2) is 0 Å². The number of benzene rings is 1. The van der Waals surface area contributed by atoms with Gasteiger partial charge in [-0.15, -0.1) is 0 Å². The quantitative estimate of drug-likeness (QED) is 0.708. The average molecular weight is 261 g/mol. The van der Waals surface area contributed by atoms with Gasteiger partial charge in [0.15, 0.2) is 0 Å². The predicted octanol–water partition coefficient (Wildman–Crippen LogP) is 0.0507. The highest BCUT2D eigenvalue weighted by Gasteiger charge is 2.07. The third kappa shape index (κ3) is 5.19. The molecule has 0 aromatic heterocycles. The van der Waals surface area contributed by atoms with Crippen LogP contribution in [0.3, 0.4) is 0 Å². The second-order valence-corrected chi connectivity index (χ2v) is 3.71. The fourth-order valence-corrected chi connectivity index (χ4v) is 1.31. The van der Waals surface area contributed by atoms with Gasteiger partial charge in [-0.1, -0.05) is 0 Å². The van der Waals surface area contributed by atoms with Crippen LogP contribution in [0.5, 0.6) is 0 Å². The van der Waals surface area contributed by atoms with Gasteiger partial charge in [0.25, 0.3) is 5.91 Å². The second-order valence-electron chi connectivity index (χ2n) is 3.71. The molecule has 0 aliphatic rings. The van der Waals surface area contributed by atoms with E-state index in [-0.39, 0.29) is 18.4 Å².